The summed E-state index contributed by atoms with van der Waals surface area (Å²) in [6.07, 6.45) is 4.62. The second-order valence-corrected chi connectivity index (χ2v) is 11.2. The Morgan fingerprint density at radius 2 is 1.93 bits per heavy atom. The second kappa shape index (κ2) is 13.1. The fourth-order valence-electron chi connectivity index (χ4n) is 4.45. The number of nitrogens with one attached hydrogen (secondary N) is 2. The molecule has 1 heterocycles. The zero-order valence-corrected chi connectivity index (χ0v) is 23.2. The lowest BCUT2D eigenvalue weighted by atomic mass is 9.96. The van der Waals surface area contributed by atoms with Gasteiger partial charge in [-0.25, -0.2) is 8.42 Å². The SMILES string of the molecule is C/C=N/N1CCC(Oc2c(NS(=O)(=O)CC(=O)O)ccc(C/C(C)=C/c3cccc(C(=N)N)c3)c2C(N)=O)CC1. The van der Waals surface area contributed by atoms with Crippen LogP contribution in [0.15, 0.2) is 47.1 Å². The van der Waals surface area contributed by atoms with Gasteiger partial charge in [0.25, 0.3) is 5.91 Å². The summed E-state index contributed by atoms with van der Waals surface area (Å²) in [6.45, 7) is 4.88. The molecule has 0 bridgehead atoms. The number of hydrogen-bond donors (Lipinski definition) is 5. The number of benzene rings is 2. The number of primary amides is 1. The summed E-state index contributed by atoms with van der Waals surface area (Å²) in [4.78, 5) is 23.8. The van der Waals surface area contributed by atoms with E-state index >= 15 is 0 Å². The van der Waals surface area contributed by atoms with Gasteiger partial charge in [-0.15, -0.1) is 0 Å². The maximum Gasteiger partial charge on any atom is 0.320 e. The average Bonchev–Trinajstić information content (AvgIpc) is 2.86. The van der Waals surface area contributed by atoms with Crippen molar-refractivity contribution in [1.82, 2.24) is 5.01 Å². The van der Waals surface area contributed by atoms with Crippen molar-refractivity contribution in [3.63, 3.8) is 0 Å². The number of ether oxygens (including phenoxy) is 1. The van der Waals surface area contributed by atoms with Crippen LogP contribution in [0.2, 0.25) is 0 Å². The molecule has 0 unspecified atom stereocenters. The van der Waals surface area contributed by atoms with Crippen molar-refractivity contribution in [2.75, 3.05) is 23.6 Å². The summed E-state index contributed by atoms with van der Waals surface area (Å²) in [5, 5.41) is 22.8. The Kier molecular flexibility index (Phi) is 9.88. The van der Waals surface area contributed by atoms with Gasteiger partial charge in [-0.1, -0.05) is 35.9 Å². The van der Waals surface area contributed by atoms with Crippen molar-refractivity contribution in [3.05, 3.63) is 64.2 Å². The second-order valence-electron chi connectivity index (χ2n) is 9.45. The van der Waals surface area contributed by atoms with Crippen LogP contribution in [0.3, 0.4) is 0 Å². The highest BCUT2D eigenvalue weighted by Crippen LogP contribution is 2.36. The summed E-state index contributed by atoms with van der Waals surface area (Å²) in [7, 11) is -4.29. The van der Waals surface area contributed by atoms with Gasteiger partial charge >= 0.3 is 5.97 Å². The van der Waals surface area contributed by atoms with Crippen molar-refractivity contribution in [2.45, 2.75) is 39.2 Å². The molecular weight excluding hydrogens is 536 g/mol. The molecule has 0 atom stereocenters. The van der Waals surface area contributed by atoms with Gasteiger partial charge in [-0.3, -0.25) is 24.7 Å². The minimum absolute atomic E-state index is 0.00905. The van der Waals surface area contributed by atoms with Crippen LogP contribution in [0.25, 0.3) is 6.08 Å². The molecule has 1 aliphatic heterocycles. The number of anilines is 1. The van der Waals surface area contributed by atoms with Gasteiger partial charge in [0.2, 0.25) is 10.0 Å². The number of nitrogens with two attached hydrogens (primary N) is 2. The number of piperidine rings is 1. The minimum Gasteiger partial charge on any atom is -0.487 e. The average molecular weight is 571 g/mol. The highest BCUT2D eigenvalue weighted by Gasteiger charge is 2.27. The van der Waals surface area contributed by atoms with Gasteiger partial charge in [-0.2, -0.15) is 5.10 Å². The first-order valence-corrected chi connectivity index (χ1v) is 14.2. The first-order valence-electron chi connectivity index (χ1n) is 12.6. The van der Waals surface area contributed by atoms with E-state index in [0.717, 1.165) is 11.1 Å². The highest BCUT2D eigenvalue weighted by atomic mass is 32.2. The Balaban J connectivity index is 2.01. The standard InChI is InChI=1S/C27H34N6O6S/c1-3-31-33-11-9-21(10-12-33)39-25-22(32-40(37,38)16-23(34)35)8-7-19(24(25)27(30)36)14-17(2)13-18-5-4-6-20(15-18)26(28)29/h3-8,13,15,21,32H,9-12,14,16H2,1-2H3,(H3,28,29)(H2,30,36)(H,34,35)/b17-13+,31-3+. The van der Waals surface area contributed by atoms with Gasteiger partial charge in [-0.05, 0) is 43.5 Å². The lowest BCUT2D eigenvalue weighted by molar-refractivity contribution is -0.134. The number of carboxylic acids is 1. The number of allylic oxidation sites excluding steroid dienone is 1. The summed E-state index contributed by atoms with van der Waals surface area (Å²) >= 11 is 0. The van der Waals surface area contributed by atoms with Crippen molar-refractivity contribution < 1.29 is 27.9 Å². The number of rotatable bonds is 12. The van der Waals surface area contributed by atoms with Crippen molar-refractivity contribution in [1.29, 1.82) is 5.41 Å². The molecule has 13 heteroatoms. The molecule has 1 saturated heterocycles. The Morgan fingerprint density at radius 3 is 2.52 bits per heavy atom. The smallest absolute Gasteiger partial charge is 0.320 e. The number of sulfonamides is 1. The number of nitrogens with zero attached hydrogens (tertiary/aromatic N) is 2. The molecule has 0 spiro atoms. The Hall–Kier alpha value is -4.39. The molecule has 0 saturated carbocycles. The van der Waals surface area contributed by atoms with Crippen LogP contribution in [0, 0.1) is 5.41 Å². The van der Waals surface area contributed by atoms with Crippen molar-refractivity contribution in [2.24, 2.45) is 16.6 Å². The molecule has 3 rings (SSSR count). The number of nitrogen functional groups attached to an aromatic ring is 1. The van der Waals surface area contributed by atoms with E-state index in [9.17, 15) is 18.0 Å². The predicted octanol–water partition coefficient (Wildman–Crippen LogP) is 2.39. The van der Waals surface area contributed by atoms with Crippen molar-refractivity contribution in [3.8, 4) is 5.75 Å². The molecule has 0 radical (unpaired) electrons. The minimum atomic E-state index is -4.29. The summed E-state index contributed by atoms with van der Waals surface area (Å²) < 4.78 is 33.4. The molecule has 12 nitrogen and oxygen atoms in total. The van der Waals surface area contributed by atoms with E-state index in [1.54, 1.807) is 30.5 Å². The van der Waals surface area contributed by atoms with Gasteiger partial charge in [0.05, 0.1) is 11.3 Å². The van der Waals surface area contributed by atoms with Gasteiger partial charge in [0.15, 0.2) is 11.5 Å². The normalized spacial score (nSPS) is 14.8. The molecule has 214 valence electrons. The van der Waals surface area contributed by atoms with E-state index < -0.39 is 27.7 Å². The van der Waals surface area contributed by atoms with Crippen LogP contribution in [0.5, 0.6) is 5.75 Å². The fourth-order valence-corrected chi connectivity index (χ4v) is 5.34. The molecule has 1 aliphatic rings. The maximum atomic E-state index is 12.8. The van der Waals surface area contributed by atoms with Crippen LogP contribution >= 0.6 is 0 Å². The monoisotopic (exact) mass is 570 g/mol. The quantitative estimate of drug-likeness (QED) is 0.189. The molecule has 2 aromatic rings. The van der Waals surface area contributed by atoms with E-state index in [1.807, 2.05) is 31.0 Å². The largest absolute Gasteiger partial charge is 0.487 e. The predicted molar refractivity (Wildman–Crippen MR) is 154 cm³/mol. The molecule has 0 aromatic heterocycles. The van der Waals surface area contributed by atoms with E-state index in [2.05, 4.69) is 9.82 Å². The van der Waals surface area contributed by atoms with Gasteiger partial charge < -0.3 is 21.3 Å². The summed E-state index contributed by atoms with van der Waals surface area (Å²) in [5.74, 6) is -3.60. The lowest BCUT2D eigenvalue weighted by Crippen LogP contribution is -2.36. The molecule has 0 aliphatic carbocycles. The van der Waals surface area contributed by atoms with Crippen LogP contribution in [0.4, 0.5) is 5.69 Å². The van der Waals surface area contributed by atoms with E-state index in [1.165, 1.54) is 6.07 Å². The number of hydrogen-bond acceptors (Lipinski definition) is 8. The molecule has 40 heavy (non-hydrogen) atoms. The van der Waals surface area contributed by atoms with Crippen LogP contribution in [-0.2, 0) is 21.2 Å². The highest BCUT2D eigenvalue weighted by molar-refractivity contribution is 7.93. The Labute approximate surface area is 233 Å². The first kappa shape index (κ1) is 30.2. The third kappa shape index (κ3) is 8.30. The first-order chi connectivity index (χ1) is 18.9. The van der Waals surface area contributed by atoms with E-state index in [0.29, 0.717) is 37.1 Å². The number of aliphatic carboxylic acids is 1. The number of amides is 1. The van der Waals surface area contributed by atoms with Crippen LogP contribution in [-0.4, -0.2) is 67.4 Å². The number of amidine groups is 1. The zero-order valence-electron chi connectivity index (χ0n) is 22.4. The summed E-state index contributed by atoms with van der Waals surface area (Å²) in [6, 6.07) is 10.1. The van der Waals surface area contributed by atoms with Gasteiger partial charge in [0.1, 0.15) is 11.9 Å². The van der Waals surface area contributed by atoms with Gasteiger partial charge in [0, 0.05) is 37.7 Å². The lowest BCUT2D eigenvalue weighted by Gasteiger charge is -2.31. The van der Waals surface area contributed by atoms with E-state index in [4.69, 9.17) is 26.7 Å². The topological polar surface area (TPSA) is 201 Å². The van der Waals surface area contributed by atoms with Crippen LogP contribution in [0.1, 0.15) is 53.7 Å². The molecule has 1 fully saturated rings. The number of carboxylic acid groups (broad SMARTS) is 1. The molecular formula is C27H34N6O6S. The number of carbonyl (C=O) groups excluding carboxylic acids is 1. The third-order valence-corrected chi connectivity index (χ3v) is 7.29. The number of hydrazone groups is 1. The number of carbonyl (C=O) groups is 2. The molecule has 7 N–H and O–H groups in total. The van der Waals surface area contributed by atoms with E-state index in [-0.39, 0.29) is 35.4 Å². The van der Waals surface area contributed by atoms with Crippen LogP contribution < -0.4 is 20.9 Å². The zero-order chi connectivity index (χ0) is 29.4. The summed E-state index contributed by atoms with van der Waals surface area (Å²) in [5.41, 5.74) is 14.1. The fraction of sp³-hybridized carbons (Fsp3) is 0.333. The van der Waals surface area contributed by atoms with Crippen molar-refractivity contribution >= 4 is 45.7 Å². The maximum absolute atomic E-state index is 12.8. The Morgan fingerprint density at radius 1 is 1.23 bits per heavy atom. The molecule has 1 amide bonds. The Bertz CT molecular complexity index is 1450. The molecule has 2 aromatic carbocycles. The third-order valence-electron chi connectivity index (χ3n) is 6.13.